The first-order valence-electron chi connectivity index (χ1n) is 5.40. The minimum Gasteiger partial charge on any atom is -0.379 e. The highest BCUT2D eigenvalue weighted by Crippen LogP contribution is 2.38. The molecule has 1 saturated heterocycles. The van der Waals surface area contributed by atoms with Gasteiger partial charge in [0, 0.05) is 31.4 Å². The van der Waals surface area contributed by atoms with Crippen LogP contribution in [0.3, 0.4) is 0 Å². The van der Waals surface area contributed by atoms with Crippen LogP contribution in [0.4, 0.5) is 13.2 Å². The fourth-order valence-corrected chi connectivity index (χ4v) is 2.32. The van der Waals surface area contributed by atoms with Crippen molar-refractivity contribution in [3.05, 3.63) is 22.2 Å². The minimum absolute atomic E-state index is 0.0260. The maximum atomic E-state index is 12.6. The van der Waals surface area contributed by atoms with E-state index in [0.717, 1.165) is 0 Å². The lowest BCUT2D eigenvalue weighted by atomic mass is 10.0. The van der Waals surface area contributed by atoms with Crippen LogP contribution in [-0.4, -0.2) is 44.8 Å². The van der Waals surface area contributed by atoms with Crippen LogP contribution in [0.25, 0.3) is 0 Å². The molecule has 4 nitrogen and oxygen atoms in total. The predicted molar refractivity (Wildman–Crippen MR) is 63.0 cm³/mol. The van der Waals surface area contributed by atoms with Gasteiger partial charge in [0.05, 0.1) is 0 Å². The number of rotatable bonds is 2. The fourth-order valence-electron chi connectivity index (χ4n) is 1.95. The van der Waals surface area contributed by atoms with Crippen molar-refractivity contribution in [1.82, 2.24) is 14.9 Å². The van der Waals surface area contributed by atoms with Crippen molar-refractivity contribution >= 4 is 23.2 Å². The van der Waals surface area contributed by atoms with Gasteiger partial charge < -0.3 is 5.11 Å². The van der Waals surface area contributed by atoms with Gasteiger partial charge in [0.2, 0.25) is 5.28 Å². The summed E-state index contributed by atoms with van der Waals surface area (Å²) < 4.78 is 37.9. The van der Waals surface area contributed by atoms with E-state index in [2.05, 4.69) is 9.97 Å². The summed E-state index contributed by atoms with van der Waals surface area (Å²) in [5.74, 6) is 0. The van der Waals surface area contributed by atoms with E-state index in [0.29, 0.717) is 5.56 Å². The Balaban J connectivity index is 2.07. The molecule has 0 amide bonds. The molecule has 1 fully saturated rings. The molecule has 1 N–H and O–H groups in total. The van der Waals surface area contributed by atoms with Gasteiger partial charge in [-0.25, -0.2) is 9.97 Å². The SMILES string of the molecule is OC1(C(F)(F)F)CCN(Cc2cnc(Cl)nc2Cl)C1. The summed E-state index contributed by atoms with van der Waals surface area (Å²) in [6.45, 7) is -0.237. The zero-order valence-corrected chi connectivity index (χ0v) is 11.1. The van der Waals surface area contributed by atoms with E-state index in [-0.39, 0.29) is 29.9 Å². The Bertz CT molecular complexity index is 486. The smallest absolute Gasteiger partial charge is 0.379 e. The van der Waals surface area contributed by atoms with Crippen LogP contribution in [0.15, 0.2) is 6.20 Å². The summed E-state index contributed by atoms with van der Waals surface area (Å²) in [5, 5.41) is 9.61. The number of nitrogens with zero attached hydrogens (tertiary/aromatic N) is 3. The minimum atomic E-state index is -4.64. The first-order chi connectivity index (χ1) is 8.71. The molecule has 19 heavy (non-hydrogen) atoms. The number of alkyl halides is 3. The third-order valence-electron chi connectivity index (χ3n) is 3.03. The van der Waals surface area contributed by atoms with Crippen LogP contribution in [-0.2, 0) is 6.54 Å². The molecule has 0 bridgehead atoms. The van der Waals surface area contributed by atoms with Crippen LogP contribution in [0.1, 0.15) is 12.0 Å². The van der Waals surface area contributed by atoms with E-state index in [4.69, 9.17) is 23.2 Å². The number of hydrogen-bond donors (Lipinski definition) is 1. The molecule has 0 spiro atoms. The number of likely N-dealkylation sites (tertiary alicyclic amines) is 1. The summed E-state index contributed by atoms with van der Waals surface area (Å²) in [7, 11) is 0. The van der Waals surface area contributed by atoms with Gasteiger partial charge in [-0.1, -0.05) is 11.6 Å². The topological polar surface area (TPSA) is 49.2 Å². The highest BCUT2D eigenvalue weighted by molar-refractivity contribution is 6.32. The molecule has 1 aliphatic heterocycles. The second-order valence-corrected chi connectivity index (χ2v) is 5.14. The lowest BCUT2D eigenvalue weighted by Crippen LogP contribution is -2.47. The third-order valence-corrected chi connectivity index (χ3v) is 3.54. The maximum absolute atomic E-state index is 12.6. The molecule has 9 heteroatoms. The van der Waals surface area contributed by atoms with Crippen molar-refractivity contribution in [2.45, 2.75) is 24.7 Å². The van der Waals surface area contributed by atoms with Crippen LogP contribution in [0.2, 0.25) is 10.4 Å². The second-order valence-electron chi connectivity index (χ2n) is 4.45. The van der Waals surface area contributed by atoms with Gasteiger partial charge in [0.15, 0.2) is 5.60 Å². The fraction of sp³-hybridized carbons (Fsp3) is 0.600. The molecule has 1 aromatic heterocycles. The van der Waals surface area contributed by atoms with Gasteiger partial charge in [-0.15, -0.1) is 0 Å². The van der Waals surface area contributed by atoms with E-state index in [1.807, 2.05) is 0 Å². The highest BCUT2D eigenvalue weighted by Gasteiger charge is 2.56. The first kappa shape index (κ1) is 14.8. The normalized spacial score (nSPS) is 24.9. The Hall–Kier alpha value is -0.630. The van der Waals surface area contributed by atoms with E-state index in [1.54, 1.807) is 0 Å². The quantitative estimate of drug-likeness (QED) is 0.672. The predicted octanol–water partition coefficient (Wildman–Crippen LogP) is 2.28. The lowest BCUT2D eigenvalue weighted by Gasteiger charge is -2.26. The van der Waals surface area contributed by atoms with Gasteiger partial charge in [0.25, 0.3) is 0 Å². The van der Waals surface area contributed by atoms with E-state index in [9.17, 15) is 18.3 Å². The van der Waals surface area contributed by atoms with Crippen LogP contribution >= 0.6 is 23.2 Å². The lowest BCUT2D eigenvalue weighted by molar-refractivity contribution is -0.254. The van der Waals surface area contributed by atoms with Crippen molar-refractivity contribution in [3.63, 3.8) is 0 Å². The summed E-state index contributed by atoms with van der Waals surface area (Å²) in [6.07, 6.45) is -3.63. The molecule has 1 aromatic rings. The van der Waals surface area contributed by atoms with Crippen LogP contribution in [0, 0.1) is 0 Å². The zero-order chi connectivity index (χ0) is 14.3. The molecule has 1 unspecified atom stereocenters. The van der Waals surface area contributed by atoms with Crippen LogP contribution < -0.4 is 0 Å². The number of halogens is 5. The molecule has 0 aliphatic carbocycles. The van der Waals surface area contributed by atoms with Gasteiger partial charge in [0.1, 0.15) is 5.15 Å². The molecule has 0 aromatic carbocycles. The van der Waals surface area contributed by atoms with Crippen molar-refractivity contribution in [1.29, 1.82) is 0 Å². The summed E-state index contributed by atoms with van der Waals surface area (Å²) in [6, 6.07) is 0. The molecular formula is C10H10Cl2F3N3O. The van der Waals surface area contributed by atoms with E-state index < -0.39 is 18.3 Å². The van der Waals surface area contributed by atoms with Crippen molar-refractivity contribution in [2.75, 3.05) is 13.1 Å². The standard InChI is InChI=1S/C10H10Cl2F3N3O/c11-7-6(3-16-8(12)17-7)4-18-2-1-9(19,5-18)10(13,14)15/h3,19H,1-2,4-5H2. The average Bonchev–Trinajstić information content (AvgIpc) is 2.65. The number of β-amino-alcohol motifs (C(OH)–C–C–N with tert-alkyl or cyclic N) is 1. The van der Waals surface area contributed by atoms with E-state index in [1.165, 1.54) is 11.1 Å². The number of aliphatic hydroxyl groups is 1. The monoisotopic (exact) mass is 315 g/mol. The Morgan fingerprint density at radius 3 is 2.63 bits per heavy atom. The third kappa shape index (κ3) is 3.10. The number of aromatic nitrogens is 2. The van der Waals surface area contributed by atoms with Crippen molar-refractivity contribution in [3.8, 4) is 0 Å². The van der Waals surface area contributed by atoms with Gasteiger partial charge >= 0.3 is 6.18 Å². The second kappa shape index (κ2) is 5.05. The summed E-state index contributed by atoms with van der Waals surface area (Å²) in [4.78, 5) is 8.89. The Labute approximate surface area is 117 Å². The Morgan fingerprint density at radius 2 is 2.11 bits per heavy atom. The van der Waals surface area contributed by atoms with Gasteiger partial charge in [-0.2, -0.15) is 13.2 Å². The van der Waals surface area contributed by atoms with Crippen molar-refractivity contribution < 1.29 is 18.3 Å². The average molecular weight is 316 g/mol. The van der Waals surface area contributed by atoms with Crippen LogP contribution in [0.5, 0.6) is 0 Å². The molecule has 0 saturated carbocycles. The number of hydrogen-bond acceptors (Lipinski definition) is 4. The molecule has 1 atom stereocenters. The zero-order valence-electron chi connectivity index (χ0n) is 9.58. The summed E-state index contributed by atoms with van der Waals surface area (Å²) in [5.41, 5.74) is -2.19. The largest absolute Gasteiger partial charge is 0.418 e. The molecule has 2 rings (SSSR count). The van der Waals surface area contributed by atoms with E-state index >= 15 is 0 Å². The molecule has 106 valence electrons. The summed E-state index contributed by atoms with van der Waals surface area (Å²) >= 11 is 11.4. The Kier molecular flexibility index (Phi) is 3.92. The molecule has 2 heterocycles. The molecule has 0 radical (unpaired) electrons. The van der Waals surface area contributed by atoms with Gasteiger partial charge in [-0.3, -0.25) is 4.90 Å². The van der Waals surface area contributed by atoms with Crippen molar-refractivity contribution in [2.24, 2.45) is 0 Å². The Morgan fingerprint density at radius 1 is 1.42 bits per heavy atom. The molecular weight excluding hydrogens is 306 g/mol. The molecule has 1 aliphatic rings. The maximum Gasteiger partial charge on any atom is 0.418 e. The first-order valence-corrected chi connectivity index (χ1v) is 6.15. The van der Waals surface area contributed by atoms with Gasteiger partial charge in [-0.05, 0) is 18.0 Å². The highest BCUT2D eigenvalue weighted by atomic mass is 35.5.